The second kappa shape index (κ2) is 12.3. The third-order valence-corrected chi connectivity index (χ3v) is 11.1. The molecule has 10 rings (SSSR count). The van der Waals surface area contributed by atoms with Gasteiger partial charge in [-0.15, -0.1) is 0 Å². The maximum atomic E-state index is 6.77. The Morgan fingerprint density at radius 3 is 1.91 bits per heavy atom. The molecule has 252 valence electrons. The molecule has 53 heavy (non-hydrogen) atoms. The molecule has 1 aliphatic carbocycles. The highest BCUT2D eigenvalue weighted by Crippen LogP contribution is 2.52. The first-order valence-electron chi connectivity index (χ1n) is 18.4. The van der Waals surface area contributed by atoms with Crippen LogP contribution in [0.15, 0.2) is 192 Å². The van der Waals surface area contributed by atoms with Crippen molar-refractivity contribution in [3.63, 3.8) is 0 Å². The van der Waals surface area contributed by atoms with Gasteiger partial charge in [0.1, 0.15) is 11.2 Å². The van der Waals surface area contributed by atoms with Crippen LogP contribution in [-0.4, -0.2) is 0 Å². The first kappa shape index (κ1) is 31.1. The summed E-state index contributed by atoms with van der Waals surface area (Å²) in [5, 5.41) is 2.23. The fourth-order valence-corrected chi connectivity index (χ4v) is 8.53. The number of nitrogens with zero attached hydrogens (tertiary/aromatic N) is 1. The molecule has 0 N–H and O–H groups in total. The lowest BCUT2D eigenvalue weighted by atomic mass is 9.82. The fraction of sp³-hybridized carbons (Fsp3) is 0.0588. The smallest absolute Gasteiger partial charge is 0.143 e. The van der Waals surface area contributed by atoms with Crippen LogP contribution < -0.4 is 4.90 Å². The third kappa shape index (κ3) is 5.02. The van der Waals surface area contributed by atoms with Crippen molar-refractivity contribution in [3.8, 4) is 44.5 Å². The van der Waals surface area contributed by atoms with Crippen LogP contribution in [-0.2, 0) is 5.41 Å². The molecule has 1 aliphatic rings. The van der Waals surface area contributed by atoms with Gasteiger partial charge in [-0.05, 0) is 87.0 Å². The highest BCUT2D eigenvalue weighted by Gasteiger charge is 2.36. The molecule has 0 spiro atoms. The number of furan rings is 1. The Kier molecular flexibility index (Phi) is 7.19. The van der Waals surface area contributed by atoms with Gasteiger partial charge in [0.25, 0.3) is 0 Å². The number of fused-ring (bicyclic) bond motifs is 6. The van der Waals surface area contributed by atoms with Crippen LogP contribution in [0.5, 0.6) is 0 Å². The summed E-state index contributed by atoms with van der Waals surface area (Å²) in [5.74, 6) is 0. The van der Waals surface area contributed by atoms with E-state index in [1.54, 1.807) is 0 Å². The van der Waals surface area contributed by atoms with Crippen LogP contribution in [0.4, 0.5) is 17.1 Å². The van der Waals surface area contributed by atoms with E-state index >= 15 is 0 Å². The third-order valence-electron chi connectivity index (χ3n) is 11.1. The van der Waals surface area contributed by atoms with Crippen molar-refractivity contribution in [3.05, 3.63) is 199 Å². The number of hydrogen-bond acceptors (Lipinski definition) is 2. The molecule has 0 aliphatic heterocycles. The van der Waals surface area contributed by atoms with E-state index in [4.69, 9.17) is 4.42 Å². The van der Waals surface area contributed by atoms with Crippen LogP contribution >= 0.6 is 0 Å². The van der Waals surface area contributed by atoms with Gasteiger partial charge in [0.2, 0.25) is 0 Å². The zero-order chi connectivity index (χ0) is 35.5. The second-order valence-electron chi connectivity index (χ2n) is 14.5. The molecule has 8 aromatic carbocycles. The summed E-state index contributed by atoms with van der Waals surface area (Å²) in [5.41, 5.74) is 17.1. The monoisotopic (exact) mass is 679 g/mol. The lowest BCUT2D eigenvalue weighted by Crippen LogP contribution is -2.17. The van der Waals surface area contributed by atoms with Crippen molar-refractivity contribution >= 4 is 39.0 Å². The molecule has 1 aromatic heterocycles. The average molecular weight is 680 g/mol. The molecule has 0 saturated heterocycles. The van der Waals surface area contributed by atoms with Crippen LogP contribution in [0.1, 0.15) is 25.0 Å². The average Bonchev–Trinajstić information content (AvgIpc) is 3.71. The molecule has 0 unspecified atom stereocenters. The van der Waals surface area contributed by atoms with Gasteiger partial charge >= 0.3 is 0 Å². The number of anilines is 3. The topological polar surface area (TPSA) is 16.4 Å². The molecule has 2 heteroatoms. The van der Waals surface area contributed by atoms with Gasteiger partial charge in [0, 0.05) is 38.7 Å². The Labute approximate surface area is 310 Å². The number of hydrogen-bond donors (Lipinski definition) is 0. The van der Waals surface area contributed by atoms with Gasteiger partial charge in [0.15, 0.2) is 0 Å². The van der Waals surface area contributed by atoms with Gasteiger partial charge in [-0.2, -0.15) is 0 Å². The van der Waals surface area contributed by atoms with E-state index in [1.807, 2.05) is 6.07 Å². The highest BCUT2D eigenvalue weighted by molar-refractivity contribution is 6.12. The van der Waals surface area contributed by atoms with E-state index in [-0.39, 0.29) is 5.41 Å². The van der Waals surface area contributed by atoms with E-state index in [2.05, 4.69) is 201 Å². The summed E-state index contributed by atoms with van der Waals surface area (Å²) in [7, 11) is 0. The van der Waals surface area contributed by atoms with Gasteiger partial charge in [-0.25, -0.2) is 0 Å². The maximum Gasteiger partial charge on any atom is 0.143 e. The Bertz CT molecular complexity index is 2810. The number of para-hydroxylation sites is 3. The molecule has 0 saturated carbocycles. The predicted molar refractivity (Wildman–Crippen MR) is 222 cm³/mol. The largest absolute Gasteiger partial charge is 0.455 e. The molecular formula is C51H37NO. The van der Waals surface area contributed by atoms with Crippen molar-refractivity contribution < 1.29 is 4.42 Å². The fourth-order valence-electron chi connectivity index (χ4n) is 8.53. The first-order chi connectivity index (χ1) is 26.1. The molecule has 0 fully saturated rings. The first-order valence-corrected chi connectivity index (χ1v) is 18.4. The maximum absolute atomic E-state index is 6.77. The van der Waals surface area contributed by atoms with Crippen LogP contribution in [0.3, 0.4) is 0 Å². The lowest BCUT2D eigenvalue weighted by molar-refractivity contribution is 0.660. The highest BCUT2D eigenvalue weighted by atomic mass is 16.3. The molecule has 9 aromatic rings. The molecule has 0 bridgehead atoms. The molecule has 0 radical (unpaired) electrons. The lowest BCUT2D eigenvalue weighted by Gasteiger charge is -2.30. The molecular weight excluding hydrogens is 643 g/mol. The molecule has 1 heterocycles. The quantitative estimate of drug-likeness (QED) is 0.174. The summed E-state index contributed by atoms with van der Waals surface area (Å²) in [6.07, 6.45) is 0. The van der Waals surface area contributed by atoms with Gasteiger partial charge in [0.05, 0.1) is 5.69 Å². The predicted octanol–water partition coefficient (Wildman–Crippen LogP) is 14.4. The van der Waals surface area contributed by atoms with Crippen molar-refractivity contribution in [1.29, 1.82) is 0 Å². The van der Waals surface area contributed by atoms with Crippen molar-refractivity contribution in [1.82, 2.24) is 0 Å². The number of rotatable bonds is 6. The Balaban J connectivity index is 1.27. The Hall–Kier alpha value is -6.64. The SMILES string of the molecule is CC1(C)c2ccccc2-c2ccc(N(c3ccccc3)c3cccc(-c4cccc(-c5ccccc5)c4)c3-c3cccc4c3oc3ccccc34)cc21. The molecule has 0 amide bonds. The summed E-state index contributed by atoms with van der Waals surface area (Å²) < 4.78 is 6.77. The summed E-state index contributed by atoms with van der Waals surface area (Å²) in [4.78, 5) is 2.43. The van der Waals surface area contributed by atoms with E-state index in [0.29, 0.717) is 0 Å². The van der Waals surface area contributed by atoms with E-state index < -0.39 is 0 Å². The molecule has 0 atom stereocenters. The van der Waals surface area contributed by atoms with Crippen molar-refractivity contribution in [2.45, 2.75) is 19.3 Å². The van der Waals surface area contributed by atoms with E-state index in [1.165, 1.54) is 33.4 Å². The Morgan fingerprint density at radius 1 is 0.415 bits per heavy atom. The second-order valence-corrected chi connectivity index (χ2v) is 14.5. The normalized spacial score (nSPS) is 12.9. The van der Waals surface area contributed by atoms with Gasteiger partial charge in [-0.1, -0.05) is 159 Å². The van der Waals surface area contributed by atoms with Crippen LogP contribution in [0.25, 0.3) is 66.4 Å². The number of benzene rings is 8. The van der Waals surface area contributed by atoms with E-state index in [0.717, 1.165) is 61.3 Å². The van der Waals surface area contributed by atoms with Crippen LogP contribution in [0, 0.1) is 0 Å². The molecule has 2 nitrogen and oxygen atoms in total. The minimum Gasteiger partial charge on any atom is -0.455 e. The Morgan fingerprint density at radius 2 is 1.04 bits per heavy atom. The zero-order valence-corrected chi connectivity index (χ0v) is 29.8. The van der Waals surface area contributed by atoms with Crippen LogP contribution in [0.2, 0.25) is 0 Å². The van der Waals surface area contributed by atoms with Crippen molar-refractivity contribution in [2.24, 2.45) is 0 Å². The minimum absolute atomic E-state index is 0.132. The summed E-state index contributed by atoms with van der Waals surface area (Å²) in [6.45, 7) is 4.70. The standard InChI is InChI=1S/C51H37NO/c1-51(2)45-27-11-9-22-40(45)41-31-30-38(33-46(41)51)52(37-20-7-4-8-21-37)47-28-15-24-39(36-19-13-18-35(32-36)34-16-5-3-6-17-34)49(47)44-26-14-25-43-42-23-10-12-29-48(42)53-50(43)44/h3-33H,1-2H3. The zero-order valence-electron chi connectivity index (χ0n) is 29.8. The summed E-state index contributed by atoms with van der Waals surface area (Å²) >= 11 is 0. The van der Waals surface area contributed by atoms with E-state index in [9.17, 15) is 0 Å². The van der Waals surface area contributed by atoms with Crippen molar-refractivity contribution in [2.75, 3.05) is 4.90 Å². The summed E-state index contributed by atoms with van der Waals surface area (Å²) in [6, 6.07) is 67.8. The minimum atomic E-state index is -0.132. The van der Waals surface area contributed by atoms with Gasteiger partial charge < -0.3 is 9.32 Å². The van der Waals surface area contributed by atoms with Gasteiger partial charge in [-0.3, -0.25) is 0 Å².